The zero-order chi connectivity index (χ0) is 14.0. The molecule has 5 nitrogen and oxygen atoms in total. The summed E-state index contributed by atoms with van der Waals surface area (Å²) in [5, 5.41) is 10.6. The van der Waals surface area contributed by atoms with Gasteiger partial charge in [-0.15, -0.1) is 0 Å². The second-order valence-corrected chi connectivity index (χ2v) is 4.97. The van der Waals surface area contributed by atoms with Gasteiger partial charge in [-0.3, -0.25) is 10.1 Å². The highest BCUT2D eigenvalue weighted by Crippen LogP contribution is 2.32. The minimum atomic E-state index is -0.590. The number of hydrogen-bond acceptors (Lipinski definition) is 4. The van der Waals surface area contributed by atoms with Gasteiger partial charge in [-0.1, -0.05) is 0 Å². The molecule has 2 N–H and O–H groups in total. The molecule has 0 aliphatic carbocycles. The predicted molar refractivity (Wildman–Crippen MR) is 71.7 cm³/mol. The van der Waals surface area contributed by atoms with Crippen LogP contribution in [0.4, 0.5) is 15.8 Å². The number of nitrogens with two attached hydrogens (primary N) is 1. The molecule has 1 heterocycles. The Morgan fingerprint density at radius 1 is 1.53 bits per heavy atom. The van der Waals surface area contributed by atoms with Gasteiger partial charge >= 0.3 is 0 Å². The monoisotopic (exact) mass is 267 g/mol. The highest BCUT2D eigenvalue weighted by Gasteiger charge is 2.29. The van der Waals surface area contributed by atoms with E-state index in [2.05, 4.69) is 0 Å². The topological polar surface area (TPSA) is 72.4 Å². The first-order chi connectivity index (χ1) is 9.04. The predicted octanol–water partition coefficient (Wildman–Crippen LogP) is 2.44. The SMILES string of the molecule is CC1CCCC(CN)N1c1ccc([N+](=O)[O-])cc1F. The average molecular weight is 267 g/mol. The van der Waals surface area contributed by atoms with E-state index in [0.29, 0.717) is 12.2 Å². The minimum absolute atomic E-state index is 0.0970. The zero-order valence-corrected chi connectivity index (χ0v) is 10.9. The van der Waals surface area contributed by atoms with Gasteiger partial charge in [0.2, 0.25) is 0 Å². The van der Waals surface area contributed by atoms with Crippen LogP contribution in [0.25, 0.3) is 0 Å². The lowest BCUT2D eigenvalue weighted by Crippen LogP contribution is -2.49. The Morgan fingerprint density at radius 3 is 2.84 bits per heavy atom. The zero-order valence-electron chi connectivity index (χ0n) is 10.9. The summed E-state index contributed by atoms with van der Waals surface area (Å²) in [7, 11) is 0. The van der Waals surface area contributed by atoms with Gasteiger partial charge in [0.05, 0.1) is 16.7 Å². The summed E-state index contributed by atoms with van der Waals surface area (Å²) < 4.78 is 14.1. The molecule has 0 radical (unpaired) electrons. The lowest BCUT2D eigenvalue weighted by Gasteiger charge is -2.42. The molecule has 2 rings (SSSR count). The summed E-state index contributed by atoms with van der Waals surface area (Å²) in [5.41, 5.74) is 5.93. The van der Waals surface area contributed by atoms with Gasteiger partial charge in [-0.05, 0) is 32.3 Å². The van der Waals surface area contributed by atoms with Crippen molar-refractivity contribution in [3.05, 3.63) is 34.1 Å². The van der Waals surface area contributed by atoms with Crippen LogP contribution in [0.15, 0.2) is 18.2 Å². The highest BCUT2D eigenvalue weighted by atomic mass is 19.1. The van der Waals surface area contributed by atoms with Crippen LogP contribution in [-0.2, 0) is 0 Å². The molecule has 1 saturated heterocycles. The Morgan fingerprint density at radius 2 is 2.26 bits per heavy atom. The first-order valence-corrected chi connectivity index (χ1v) is 6.47. The molecule has 0 aromatic heterocycles. The van der Waals surface area contributed by atoms with E-state index in [4.69, 9.17) is 5.73 Å². The van der Waals surface area contributed by atoms with E-state index in [-0.39, 0.29) is 17.8 Å². The molecule has 6 heteroatoms. The Labute approximate surface area is 111 Å². The van der Waals surface area contributed by atoms with Crippen LogP contribution in [0.1, 0.15) is 26.2 Å². The van der Waals surface area contributed by atoms with Gasteiger partial charge in [-0.25, -0.2) is 4.39 Å². The number of hydrogen-bond donors (Lipinski definition) is 1. The number of nitro benzene ring substituents is 1. The van der Waals surface area contributed by atoms with Gasteiger partial charge in [-0.2, -0.15) is 0 Å². The van der Waals surface area contributed by atoms with Gasteiger partial charge in [0.25, 0.3) is 5.69 Å². The van der Waals surface area contributed by atoms with Crippen molar-refractivity contribution >= 4 is 11.4 Å². The summed E-state index contributed by atoms with van der Waals surface area (Å²) in [6, 6.07) is 4.09. The van der Waals surface area contributed by atoms with Crippen LogP contribution in [0.2, 0.25) is 0 Å². The molecule has 104 valence electrons. The molecule has 1 aliphatic rings. The fourth-order valence-corrected chi connectivity index (χ4v) is 2.77. The maximum atomic E-state index is 14.1. The third kappa shape index (κ3) is 2.68. The van der Waals surface area contributed by atoms with Crippen molar-refractivity contribution in [2.24, 2.45) is 5.73 Å². The Balaban J connectivity index is 2.36. The third-order valence-corrected chi connectivity index (χ3v) is 3.72. The molecule has 2 atom stereocenters. The highest BCUT2D eigenvalue weighted by molar-refractivity contribution is 5.54. The van der Waals surface area contributed by atoms with Crippen molar-refractivity contribution in [2.45, 2.75) is 38.3 Å². The molecule has 1 aromatic carbocycles. The van der Waals surface area contributed by atoms with Crippen molar-refractivity contribution in [3.8, 4) is 0 Å². The van der Waals surface area contributed by atoms with Crippen LogP contribution in [-0.4, -0.2) is 23.6 Å². The van der Waals surface area contributed by atoms with Crippen LogP contribution in [0.5, 0.6) is 0 Å². The van der Waals surface area contributed by atoms with E-state index < -0.39 is 10.7 Å². The maximum absolute atomic E-state index is 14.1. The lowest BCUT2D eigenvalue weighted by molar-refractivity contribution is -0.385. The Bertz CT molecular complexity index is 481. The molecule has 1 aromatic rings. The van der Waals surface area contributed by atoms with Crippen molar-refractivity contribution in [2.75, 3.05) is 11.4 Å². The third-order valence-electron chi connectivity index (χ3n) is 3.72. The van der Waals surface area contributed by atoms with E-state index in [1.165, 1.54) is 12.1 Å². The minimum Gasteiger partial charge on any atom is -0.362 e. The van der Waals surface area contributed by atoms with E-state index >= 15 is 0 Å². The quantitative estimate of drug-likeness (QED) is 0.674. The van der Waals surface area contributed by atoms with Crippen LogP contribution in [0.3, 0.4) is 0 Å². The van der Waals surface area contributed by atoms with Crippen LogP contribution >= 0.6 is 0 Å². The molecular formula is C13H18FN3O2. The second-order valence-electron chi connectivity index (χ2n) is 4.97. The van der Waals surface area contributed by atoms with Gasteiger partial charge in [0.1, 0.15) is 0 Å². The molecular weight excluding hydrogens is 249 g/mol. The summed E-state index contributed by atoms with van der Waals surface area (Å²) in [5.74, 6) is -0.554. The van der Waals surface area contributed by atoms with Crippen LogP contribution < -0.4 is 10.6 Å². The van der Waals surface area contributed by atoms with Gasteiger partial charge in [0.15, 0.2) is 5.82 Å². The fourth-order valence-electron chi connectivity index (χ4n) is 2.77. The number of anilines is 1. The molecule has 0 saturated carbocycles. The van der Waals surface area contributed by atoms with E-state index in [9.17, 15) is 14.5 Å². The molecule has 0 bridgehead atoms. The number of halogens is 1. The second kappa shape index (κ2) is 5.52. The van der Waals surface area contributed by atoms with E-state index in [0.717, 1.165) is 25.3 Å². The number of rotatable bonds is 3. The number of piperidine rings is 1. The first kappa shape index (κ1) is 13.7. The summed E-state index contributed by atoms with van der Waals surface area (Å²) in [4.78, 5) is 12.0. The molecule has 19 heavy (non-hydrogen) atoms. The number of benzene rings is 1. The molecule has 1 fully saturated rings. The maximum Gasteiger partial charge on any atom is 0.272 e. The standard InChI is InChI=1S/C13H18FN3O2/c1-9-3-2-4-11(8-15)16(9)13-6-5-10(17(18)19)7-12(13)14/h5-7,9,11H,2-4,8,15H2,1H3. The summed E-state index contributed by atoms with van der Waals surface area (Å²) >= 11 is 0. The molecule has 0 spiro atoms. The van der Waals surface area contributed by atoms with Gasteiger partial charge in [0, 0.05) is 24.7 Å². The smallest absolute Gasteiger partial charge is 0.272 e. The number of nitro groups is 1. The number of nitrogens with zero attached hydrogens (tertiary/aromatic N) is 2. The normalized spacial score (nSPS) is 23.4. The lowest BCUT2D eigenvalue weighted by atomic mass is 9.95. The Hall–Kier alpha value is -1.69. The molecule has 2 unspecified atom stereocenters. The number of non-ortho nitro benzene ring substituents is 1. The van der Waals surface area contributed by atoms with Crippen molar-refractivity contribution < 1.29 is 9.31 Å². The Kier molecular flexibility index (Phi) is 3.99. The average Bonchev–Trinajstić information content (AvgIpc) is 2.38. The van der Waals surface area contributed by atoms with Gasteiger partial charge < -0.3 is 10.6 Å². The summed E-state index contributed by atoms with van der Waals surface area (Å²) in [6.07, 6.45) is 2.98. The van der Waals surface area contributed by atoms with E-state index in [1.807, 2.05) is 11.8 Å². The largest absolute Gasteiger partial charge is 0.362 e. The fraction of sp³-hybridized carbons (Fsp3) is 0.538. The van der Waals surface area contributed by atoms with Crippen molar-refractivity contribution in [1.82, 2.24) is 0 Å². The van der Waals surface area contributed by atoms with Crippen LogP contribution in [0, 0.1) is 15.9 Å². The van der Waals surface area contributed by atoms with Crippen molar-refractivity contribution in [1.29, 1.82) is 0 Å². The molecule has 0 amide bonds. The summed E-state index contributed by atoms with van der Waals surface area (Å²) in [6.45, 7) is 2.49. The first-order valence-electron chi connectivity index (χ1n) is 6.47. The van der Waals surface area contributed by atoms with Crippen molar-refractivity contribution in [3.63, 3.8) is 0 Å². The van der Waals surface area contributed by atoms with E-state index in [1.54, 1.807) is 0 Å². The molecule has 1 aliphatic heterocycles.